The molecule has 1 aromatic carbocycles. The molecular weight excluding hydrogens is 276 g/mol. The Morgan fingerprint density at radius 3 is 2.50 bits per heavy atom. The lowest BCUT2D eigenvalue weighted by Gasteiger charge is -2.24. The summed E-state index contributed by atoms with van der Waals surface area (Å²) in [4.78, 5) is 25.1. The smallest absolute Gasteiger partial charge is 0.253 e. The largest absolute Gasteiger partial charge is 0.337 e. The number of amides is 1. The molecule has 0 saturated carbocycles. The van der Waals surface area contributed by atoms with Gasteiger partial charge in [-0.1, -0.05) is 12.1 Å². The van der Waals surface area contributed by atoms with Crippen LogP contribution in [0.5, 0.6) is 0 Å². The zero-order valence-electron chi connectivity index (χ0n) is 12.9. The maximum absolute atomic E-state index is 12.6. The summed E-state index contributed by atoms with van der Waals surface area (Å²) in [7, 11) is 3.98. The summed E-state index contributed by atoms with van der Waals surface area (Å²) < 4.78 is 0. The van der Waals surface area contributed by atoms with Crippen LogP contribution in [-0.4, -0.2) is 58.9 Å². The number of hydrogen-bond acceptors (Lipinski definition) is 4. The molecule has 2 heterocycles. The van der Waals surface area contributed by atoms with Crippen molar-refractivity contribution in [1.29, 1.82) is 0 Å². The molecular formula is C17H20N4O. The van der Waals surface area contributed by atoms with Crippen molar-refractivity contribution in [2.75, 3.05) is 27.2 Å². The van der Waals surface area contributed by atoms with Crippen LogP contribution in [-0.2, 0) is 0 Å². The second kappa shape index (κ2) is 6.23. The average molecular weight is 296 g/mol. The number of rotatable bonds is 3. The van der Waals surface area contributed by atoms with E-state index in [4.69, 9.17) is 0 Å². The van der Waals surface area contributed by atoms with E-state index in [-0.39, 0.29) is 5.91 Å². The highest BCUT2D eigenvalue weighted by atomic mass is 16.2. The second-order valence-electron chi connectivity index (χ2n) is 5.77. The van der Waals surface area contributed by atoms with E-state index >= 15 is 0 Å². The molecule has 1 fully saturated rings. The Balaban J connectivity index is 1.74. The van der Waals surface area contributed by atoms with Gasteiger partial charge in [-0.2, -0.15) is 0 Å². The van der Waals surface area contributed by atoms with E-state index in [0.29, 0.717) is 17.4 Å². The highest BCUT2D eigenvalue weighted by Crippen LogP contribution is 2.18. The van der Waals surface area contributed by atoms with Crippen molar-refractivity contribution in [3.05, 3.63) is 48.3 Å². The number of likely N-dealkylation sites (tertiary alicyclic amines) is 1. The van der Waals surface area contributed by atoms with Crippen molar-refractivity contribution in [3.8, 4) is 11.4 Å². The number of aromatic nitrogens is 2. The summed E-state index contributed by atoms with van der Waals surface area (Å²) in [6, 6.07) is 9.59. The fraction of sp³-hybridized carbons (Fsp3) is 0.353. The van der Waals surface area contributed by atoms with E-state index < -0.39 is 0 Å². The van der Waals surface area contributed by atoms with Crippen LogP contribution in [0.1, 0.15) is 16.8 Å². The van der Waals surface area contributed by atoms with E-state index in [2.05, 4.69) is 21.9 Å². The molecule has 0 aliphatic carbocycles. The molecule has 5 nitrogen and oxygen atoms in total. The molecule has 1 atom stereocenters. The summed E-state index contributed by atoms with van der Waals surface area (Å²) in [6.07, 6.45) is 4.46. The molecule has 1 aliphatic heterocycles. The SMILES string of the molecule is CN1CC[C@@H](N(C)C(=O)c2ccc(-c3ncccn3)cc2)C1. The number of likely N-dealkylation sites (N-methyl/N-ethyl adjacent to an activating group) is 2. The monoisotopic (exact) mass is 296 g/mol. The highest BCUT2D eigenvalue weighted by Gasteiger charge is 2.26. The third kappa shape index (κ3) is 2.99. The summed E-state index contributed by atoms with van der Waals surface area (Å²) in [5.41, 5.74) is 1.62. The number of benzene rings is 1. The predicted molar refractivity (Wildman–Crippen MR) is 85.5 cm³/mol. The van der Waals surface area contributed by atoms with Crippen LogP contribution in [0.2, 0.25) is 0 Å². The first-order valence-corrected chi connectivity index (χ1v) is 7.48. The lowest BCUT2D eigenvalue weighted by Crippen LogP contribution is -2.38. The second-order valence-corrected chi connectivity index (χ2v) is 5.77. The minimum absolute atomic E-state index is 0.0702. The lowest BCUT2D eigenvalue weighted by molar-refractivity contribution is 0.0737. The van der Waals surface area contributed by atoms with Crippen molar-refractivity contribution in [2.45, 2.75) is 12.5 Å². The fourth-order valence-corrected chi connectivity index (χ4v) is 2.81. The van der Waals surface area contributed by atoms with Gasteiger partial charge in [-0.25, -0.2) is 9.97 Å². The minimum atomic E-state index is 0.0702. The normalized spacial score (nSPS) is 18.4. The average Bonchev–Trinajstić information content (AvgIpc) is 3.01. The Labute approximate surface area is 130 Å². The van der Waals surface area contributed by atoms with Gasteiger partial charge in [0.2, 0.25) is 0 Å². The molecule has 0 N–H and O–H groups in total. The molecule has 0 spiro atoms. The van der Waals surface area contributed by atoms with Gasteiger partial charge in [-0.05, 0) is 38.2 Å². The first kappa shape index (κ1) is 14.7. The Hall–Kier alpha value is -2.27. The Morgan fingerprint density at radius 1 is 1.23 bits per heavy atom. The summed E-state index contributed by atoms with van der Waals surface area (Å²) in [6.45, 7) is 1.99. The first-order chi connectivity index (χ1) is 10.6. The molecule has 22 heavy (non-hydrogen) atoms. The van der Waals surface area contributed by atoms with Crippen LogP contribution in [0.25, 0.3) is 11.4 Å². The van der Waals surface area contributed by atoms with Crippen LogP contribution in [0.15, 0.2) is 42.7 Å². The lowest BCUT2D eigenvalue weighted by atomic mass is 10.1. The van der Waals surface area contributed by atoms with Gasteiger partial charge in [0.25, 0.3) is 5.91 Å². The molecule has 0 radical (unpaired) electrons. The molecule has 1 saturated heterocycles. The summed E-state index contributed by atoms with van der Waals surface area (Å²) in [5.74, 6) is 0.744. The zero-order chi connectivity index (χ0) is 15.5. The predicted octanol–water partition coefficient (Wildman–Crippen LogP) is 1.92. The molecule has 0 unspecified atom stereocenters. The summed E-state index contributed by atoms with van der Waals surface area (Å²) in [5, 5.41) is 0. The van der Waals surface area contributed by atoms with Gasteiger partial charge in [0.1, 0.15) is 0 Å². The van der Waals surface area contributed by atoms with Gasteiger partial charge >= 0.3 is 0 Å². The number of nitrogens with zero attached hydrogens (tertiary/aromatic N) is 4. The molecule has 1 amide bonds. The van der Waals surface area contributed by atoms with Gasteiger partial charge < -0.3 is 9.80 Å². The van der Waals surface area contributed by atoms with Gasteiger partial charge in [-0.3, -0.25) is 4.79 Å². The Morgan fingerprint density at radius 2 is 1.91 bits per heavy atom. The quantitative estimate of drug-likeness (QED) is 0.868. The van der Waals surface area contributed by atoms with E-state index in [1.54, 1.807) is 18.5 Å². The molecule has 3 rings (SSSR count). The molecule has 1 aliphatic rings. The van der Waals surface area contributed by atoms with Crippen LogP contribution in [0.3, 0.4) is 0 Å². The van der Waals surface area contributed by atoms with Crippen LogP contribution < -0.4 is 0 Å². The van der Waals surface area contributed by atoms with E-state index in [1.807, 2.05) is 36.2 Å². The maximum atomic E-state index is 12.6. The van der Waals surface area contributed by atoms with Crippen molar-refractivity contribution in [1.82, 2.24) is 19.8 Å². The van der Waals surface area contributed by atoms with Crippen molar-refractivity contribution < 1.29 is 4.79 Å². The van der Waals surface area contributed by atoms with Gasteiger partial charge in [0.05, 0.1) is 0 Å². The molecule has 2 aromatic rings. The van der Waals surface area contributed by atoms with E-state index in [1.165, 1.54) is 0 Å². The fourth-order valence-electron chi connectivity index (χ4n) is 2.81. The molecule has 1 aromatic heterocycles. The van der Waals surface area contributed by atoms with E-state index in [9.17, 15) is 4.79 Å². The summed E-state index contributed by atoms with van der Waals surface area (Å²) >= 11 is 0. The third-order valence-electron chi connectivity index (χ3n) is 4.19. The molecule has 5 heteroatoms. The van der Waals surface area contributed by atoms with Crippen molar-refractivity contribution >= 4 is 5.91 Å². The number of carbonyl (C=O) groups excluding carboxylic acids is 1. The Kier molecular flexibility index (Phi) is 4.15. The van der Waals surface area contributed by atoms with Gasteiger partial charge in [-0.15, -0.1) is 0 Å². The molecule has 0 bridgehead atoms. The van der Waals surface area contributed by atoms with E-state index in [0.717, 1.165) is 25.1 Å². The van der Waals surface area contributed by atoms with Crippen molar-refractivity contribution in [2.24, 2.45) is 0 Å². The minimum Gasteiger partial charge on any atom is -0.337 e. The Bertz CT molecular complexity index is 641. The van der Waals surface area contributed by atoms with Crippen LogP contribution in [0.4, 0.5) is 0 Å². The van der Waals surface area contributed by atoms with Gasteiger partial charge in [0.15, 0.2) is 5.82 Å². The van der Waals surface area contributed by atoms with Crippen LogP contribution >= 0.6 is 0 Å². The first-order valence-electron chi connectivity index (χ1n) is 7.48. The zero-order valence-corrected chi connectivity index (χ0v) is 12.9. The molecule has 114 valence electrons. The number of carbonyl (C=O) groups is 1. The highest BCUT2D eigenvalue weighted by molar-refractivity contribution is 5.94. The van der Waals surface area contributed by atoms with Gasteiger partial charge in [0, 0.05) is 43.2 Å². The van der Waals surface area contributed by atoms with Crippen molar-refractivity contribution in [3.63, 3.8) is 0 Å². The maximum Gasteiger partial charge on any atom is 0.253 e. The number of hydrogen-bond donors (Lipinski definition) is 0. The third-order valence-corrected chi connectivity index (χ3v) is 4.19. The topological polar surface area (TPSA) is 49.3 Å². The standard InChI is InChI=1S/C17H20N4O/c1-20-11-8-15(12-20)21(2)17(22)14-6-4-13(5-7-14)16-18-9-3-10-19-16/h3-7,9-10,15H,8,11-12H2,1-2H3/t15-/m1/s1. The van der Waals surface area contributed by atoms with Crippen LogP contribution in [0, 0.1) is 0 Å².